The SMILES string of the molecule is Cc1noc(C)c1COc1ccc(CC(=O)N[C@@H](C)c2cc(F)c(Cl)cc2Cl)cc1. The molecule has 0 saturated carbocycles. The third-order valence-corrected chi connectivity index (χ3v) is 5.35. The molecule has 0 aliphatic carbocycles. The van der Waals surface area contributed by atoms with E-state index in [1.165, 1.54) is 12.1 Å². The average molecular weight is 451 g/mol. The lowest BCUT2D eigenvalue weighted by Crippen LogP contribution is -2.28. The lowest BCUT2D eigenvalue weighted by molar-refractivity contribution is -0.121. The zero-order valence-corrected chi connectivity index (χ0v) is 18.3. The van der Waals surface area contributed by atoms with Gasteiger partial charge in [0.15, 0.2) is 0 Å². The zero-order chi connectivity index (χ0) is 21.8. The summed E-state index contributed by atoms with van der Waals surface area (Å²) >= 11 is 11.8. The van der Waals surface area contributed by atoms with Crippen molar-refractivity contribution in [2.24, 2.45) is 0 Å². The van der Waals surface area contributed by atoms with Crippen LogP contribution in [0.4, 0.5) is 4.39 Å². The number of rotatable bonds is 7. The van der Waals surface area contributed by atoms with Gasteiger partial charge in [-0.05, 0) is 56.2 Å². The maximum atomic E-state index is 13.7. The fraction of sp³-hybridized carbons (Fsp3) is 0.273. The second kappa shape index (κ2) is 9.49. The van der Waals surface area contributed by atoms with Crippen molar-refractivity contribution in [2.45, 2.75) is 39.8 Å². The van der Waals surface area contributed by atoms with Crippen LogP contribution >= 0.6 is 23.2 Å². The van der Waals surface area contributed by atoms with Gasteiger partial charge >= 0.3 is 0 Å². The maximum Gasteiger partial charge on any atom is 0.224 e. The van der Waals surface area contributed by atoms with E-state index in [2.05, 4.69) is 10.5 Å². The molecule has 0 fully saturated rings. The average Bonchev–Trinajstić information content (AvgIpc) is 3.01. The van der Waals surface area contributed by atoms with Crippen LogP contribution in [0.25, 0.3) is 0 Å². The Balaban J connectivity index is 1.56. The molecule has 0 aliphatic heterocycles. The normalized spacial score (nSPS) is 11.9. The summed E-state index contributed by atoms with van der Waals surface area (Å²) in [4.78, 5) is 12.4. The third-order valence-electron chi connectivity index (χ3n) is 4.74. The highest BCUT2D eigenvalue weighted by atomic mass is 35.5. The number of carbonyl (C=O) groups is 1. The lowest BCUT2D eigenvalue weighted by atomic mass is 10.1. The molecule has 1 aromatic heterocycles. The van der Waals surface area contributed by atoms with E-state index in [-0.39, 0.29) is 17.4 Å². The predicted octanol–water partition coefficient (Wildman–Crippen LogP) is 5.74. The Bertz CT molecular complexity index is 1030. The number of benzene rings is 2. The van der Waals surface area contributed by atoms with E-state index in [9.17, 15) is 9.18 Å². The molecule has 2 aromatic carbocycles. The van der Waals surface area contributed by atoms with Gasteiger partial charge in [0.1, 0.15) is 23.9 Å². The molecule has 0 spiro atoms. The Morgan fingerprint density at radius 3 is 2.53 bits per heavy atom. The summed E-state index contributed by atoms with van der Waals surface area (Å²) in [5, 5.41) is 6.96. The Labute approximate surface area is 184 Å². The predicted molar refractivity (Wildman–Crippen MR) is 113 cm³/mol. The molecule has 158 valence electrons. The van der Waals surface area contributed by atoms with Crippen molar-refractivity contribution >= 4 is 29.1 Å². The van der Waals surface area contributed by atoms with Crippen LogP contribution in [0.3, 0.4) is 0 Å². The van der Waals surface area contributed by atoms with Gasteiger partial charge in [-0.1, -0.05) is 40.5 Å². The van der Waals surface area contributed by atoms with Crippen molar-refractivity contribution in [1.29, 1.82) is 0 Å². The number of amides is 1. The fourth-order valence-electron chi connectivity index (χ4n) is 2.99. The molecule has 0 aliphatic rings. The van der Waals surface area contributed by atoms with E-state index in [1.54, 1.807) is 19.1 Å². The van der Waals surface area contributed by atoms with Gasteiger partial charge in [0, 0.05) is 5.02 Å². The molecule has 0 bridgehead atoms. The molecule has 3 aromatic rings. The second-order valence-electron chi connectivity index (χ2n) is 6.99. The van der Waals surface area contributed by atoms with Crippen LogP contribution in [-0.4, -0.2) is 11.1 Å². The molecule has 8 heteroatoms. The first-order valence-electron chi connectivity index (χ1n) is 9.32. The molecule has 1 heterocycles. The van der Waals surface area contributed by atoms with Gasteiger partial charge in [0.05, 0.1) is 28.7 Å². The van der Waals surface area contributed by atoms with Crippen LogP contribution in [0.1, 0.15) is 41.1 Å². The molecule has 30 heavy (non-hydrogen) atoms. The van der Waals surface area contributed by atoms with Gasteiger partial charge in [0.25, 0.3) is 0 Å². The summed E-state index contributed by atoms with van der Waals surface area (Å²) in [7, 11) is 0. The van der Waals surface area contributed by atoms with E-state index in [4.69, 9.17) is 32.5 Å². The number of ether oxygens (including phenoxy) is 1. The number of nitrogens with zero attached hydrogens (tertiary/aromatic N) is 1. The monoisotopic (exact) mass is 450 g/mol. The van der Waals surface area contributed by atoms with Crippen molar-refractivity contribution in [2.75, 3.05) is 0 Å². The first kappa shape index (κ1) is 22.1. The van der Waals surface area contributed by atoms with E-state index in [0.717, 1.165) is 22.6 Å². The third kappa shape index (κ3) is 5.32. The van der Waals surface area contributed by atoms with Crippen LogP contribution < -0.4 is 10.1 Å². The Morgan fingerprint density at radius 2 is 1.90 bits per heavy atom. The standard InChI is InChI=1S/C22H21Cl2FN2O3/c1-12(17-9-21(25)20(24)10-19(17)23)26-22(28)8-15-4-6-16(7-5-15)29-11-18-13(2)27-30-14(18)3/h4-7,9-10,12H,8,11H2,1-3H3,(H,26,28)/t12-/m0/s1. The van der Waals surface area contributed by atoms with Crippen LogP contribution in [0.15, 0.2) is 40.9 Å². The highest BCUT2D eigenvalue weighted by molar-refractivity contribution is 6.35. The van der Waals surface area contributed by atoms with Crippen LogP contribution in [0.2, 0.25) is 10.0 Å². The fourth-order valence-corrected chi connectivity index (χ4v) is 3.54. The first-order valence-corrected chi connectivity index (χ1v) is 10.1. The molecule has 0 saturated heterocycles. The van der Waals surface area contributed by atoms with Crippen molar-refractivity contribution in [3.05, 3.63) is 80.4 Å². The smallest absolute Gasteiger partial charge is 0.224 e. The van der Waals surface area contributed by atoms with E-state index >= 15 is 0 Å². The largest absolute Gasteiger partial charge is 0.489 e. The second-order valence-corrected chi connectivity index (χ2v) is 7.80. The molecule has 0 radical (unpaired) electrons. The van der Waals surface area contributed by atoms with Crippen molar-refractivity contribution in [3.8, 4) is 5.75 Å². The Hall–Kier alpha value is -2.57. The van der Waals surface area contributed by atoms with E-state index < -0.39 is 11.9 Å². The zero-order valence-electron chi connectivity index (χ0n) is 16.8. The van der Waals surface area contributed by atoms with Crippen LogP contribution in [0, 0.1) is 19.7 Å². The van der Waals surface area contributed by atoms with Gasteiger partial charge in [0.2, 0.25) is 5.91 Å². The number of halogens is 3. The lowest BCUT2D eigenvalue weighted by Gasteiger charge is -2.16. The number of hydrogen-bond acceptors (Lipinski definition) is 4. The quantitative estimate of drug-likeness (QED) is 0.466. The first-order chi connectivity index (χ1) is 14.2. The molecule has 5 nitrogen and oxygen atoms in total. The minimum atomic E-state index is -0.579. The molecule has 1 atom stereocenters. The van der Waals surface area contributed by atoms with Crippen molar-refractivity contribution in [1.82, 2.24) is 10.5 Å². The summed E-state index contributed by atoms with van der Waals surface area (Å²) in [6, 6.07) is 9.35. The molecular formula is C22H21Cl2FN2O3. The highest BCUT2D eigenvalue weighted by Crippen LogP contribution is 2.28. The number of aryl methyl sites for hydroxylation is 2. The van der Waals surface area contributed by atoms with Crippen molar-refractivity contribution in [3.63, 3.8) is 0 Å². The van der Waals surface area contributed by atoms with E-state index in [1.807, 2.05) is 26.0 Å². The number of hydrogen-bond donors (Lipinski definition) is 1. The topological polar surface area (TPSA) is 64.4 Å². The van der Waals surface area contributed by atoms with Crippen LogP contribution in [-0.2, 0) is 17.8 Å². The van der Waals surface area contributed by atoms with Crippen molar-refractivity contribution < 1.29 is 18.4 Å². The maximum absolute atomic E-state index is 13.7. The molecule has 1 N–H and O–H groups in total. The molecule has 3 rings (SSSR count). The number of carbonyl (C=O) groups excluding carboxylic acids is 1. The van der Waals surface area contributed by atoms with Crippen LogP contribution in [0.5, 0.6) is 5.75 Å². The number of aromatic nitrogens is 1. The molecular weight excluding hydrogens is 430 g/mol. The van der Waals surface area contributed by atoms with Gasteiger partial charge in [-0.2, -0.15) is 0 Å². The van der Waals surface area contributed by atoms with Gasteiger partial charge < -0.3 is 14.6 Å². The summed E-state index contributed by atoms with van der Waals surface area (Å²) < 4.78 is 24.6. The summed E-state index contributed by atoms with van der Waals surface area (Å²) in [5.41, 5.74) is 3.01. The number of nitrogens with one attached hydrogen (secondary N) is 1. The van der Waals surface area contributed by atoms with Gasteiger partial charge in [-0.25, -0.2) is 4.39 Å². The Morgan fingerprint density at radius 1 is 1.20 bits per heavy atom. The summed E-state index contributed by atoms with van der Waals surface area (Å²) in [6.45, 7) is 5.80. The summed E-state index contributed by atoms with van der Waals surface area (Å²) in [5.74, 6) is 0.620. The van der Waals surface area contributed by atoms with Gasteiger partial charge in [-0.3, -0.25) is 4.79 Å². The minimum Gasteiger partial charge on any atom is -0.489 e. The highest BCUT2D eigenvalue weighted by Gasteiger charge is 2.16. The molecule has 0 unspecified atom stereocenters. The summed E-state index contributed by atoms with van der Waals surface area (Å²) in [6.07, 6.45) is 0.169. The molecule has 1 amide bonds. The minimum absolute atomic E-state index is 0.0565. The Kier molecular flexibility index (Phi) is 7.00. The van der Waals surface area contributed by atoms with Gasteiger partial charge in [-0.15, -0.1) is 0 Å². The van der Waals surface area contributed by atoms with E-state index in [0.29, 0.717) is 22.9 Å².